The first-order valence-corrected chi connectivity index (χ1v) is 4.68. The summed E-state index contributed by atoms with van der Waals surface area (Å²) in [5.74, 6) is -0.109. The van der Waals surface area contributed by atoms with E-state index in [-0.39, 0.29) is 11.6 Å². The molecule has 0 atom stereocenters. The Balaban J connectivity index is 2.27. The third kappa shape index (κ3) is 1.73. The van der Waals surface area contributed by atoms with Crippen molar-refractivity contribution in [1.82, 2.24) is 0 Å². The van der Waals surface area contributed by atoms with Crippen LogP contribution in [0.4, 0.5) is 4.39 Å². The van der Waals surface area contributed by atoms with E-state index in [9.17, 15) is 9.50 Å². The van der Waals surface area contributed by atoms with Crippen LogP contribution in [0.3, 0.4) is 0 Å². The second-order valence-electron chi connectivity index (χ2n) is 3.83. The Morgan fingerprint density at radius 3 is 2.79 bits per heavy atom. The smallest absolute Gasteiger partial charge is 0.165 e. The summed E-state index contributed by atoms with van der Waals surface area (Å²) in [5.41, 5.74) is 0.133. The minimum Gasteiger partial charge on any atom is -0.493 e. The molecule has 1 fully saturated rings. The molecule has 0 radical (unpaired) electrons. The van der Waals surface area contributed by atoms with Gasteiger partial charge in [-0.25, -0.2) is 4.39 Å². The van der Waals surface area contributed by atoms with Gasteiger partial charge < -0.3 is 9.84 Å². The zero-order chi connectivity index (χ0) is 10.2. The summed E-state index contributed by atoms with van der Waals surface area (Å²) in [6.07, 6.45) is 2.08. The van der Waals surface area contributed by atoms with E-state index in [1.807, 2.05) is 0 Å². The van der Waals surface area contributed by atoms with Crippen LogP contribution < -0.4 is 4.74 Å². The Morgan fingerprint density at radius 1 is 1.50 bits per heavy atom. The molecule has 0 heterocycles. The van der Waals surface area contributed by atoms with Crippen molar-refractivity contribution in [3.8, 4) is 5.75 Å². The lowest BCUT2D eigenvalue weighted by Gasteiger charge is -2.12. The third-order valence-corrected chi connectivity index (χ3v) is 2.60. The number of aliphatic hydroxyl groups is 1. The largest absolute Gasteiger partial charge is 0.493 e. The minimum absolute atomic E-state index is 0.257. The van der Waals surface area contributed by atoms with Crippen molar-refractivity contribution >= 4 is 0 Å². The molecular formula is C11H13FO2. The van der Waals surface area contributed by atoms with Crippen LogP contribution in [-0.4, -0.2) is 17.8 Å². The van der Waals surface area contributed by atoms with Gasteiger partial charge in [0.25, 0.3) is 0 Å². The van der Waals surface area contributed by atoms with Gasteiger partial charge in [-0.3, -0.25) is 0 Å². The number of halogens is 1. The molecule has 0 amide bonds. The fourth-order valence-corrected chi connectivity index (χ4v) is 1.60. The molecule has 0 spiro atoms. The highest BCUT2D eigenvalue weighted by molar-refractivity contribution is 5.36. The predicted molar refractivity (Wildman–Crippen MR) is 50.8 cm³/mol. The van der Waals surface area contributed by atoms with Crippen LogP contribution in [-0.2, 0) is 6.42 Å². The van der Waals surface area contributed by atoms with Crippen LogP contribution in [0.2, 0.25) is 0 Å². The van der Waals surface area contributed by atoms with Gasteiger partial charge in [-0.05, 0) is 18.9 Å². The number of ether oxygens (including phenoxy) is 1. The second kappa shape index (κ2) is 3.24. The molecule has 1 aromatic carbocycles. The zero-order valence-electron chi connectivity index (χ0n) is 8.09. The SMILES string of the molecule is COc1c(F)cccc1CC1(O)CC1. The predicted octanol–water partition coefficient (Wildman–Crippen LogP) is 1.90. The molecule has 0 aliphatic heterocycles. The first-order chi connectivity index (χ1) is 6.64. The highest BCUT2D eigenvalue weighted by atomic mass is 19.1. The summed E-state index contributed by atoms with van der Waals surface area (Å²) in [7, 11) is 1.44. The van der Waals surface area contributed by atoms with Gasteiger partial charge in [-0.1, -0.05) is 12.1 Å². The van der Waals surface area contributed by atoms with Crippen molar-refractivity contribution in [3.63, 3.8) is 0 Å². The summed E-state index contributed by atoms with van der Waals surface area (Å²) in [5, 5.41) is 9.72. The van der Waals surface area contributed by atoms with Gasteiger partial charge in [-0.2, -0.15) is 0 Å². The van der Waals surface area contributed by atoms with Crippen molar-refractivity contribution in [2.45, 2.75) is 24.9 Å². The molecule has 0 saturated heterocycles. The van der Waals surface area contributed by atoms with Crippen molar-refractivity contribution in [2.75, 3.05) is 7.11 Å². The topological polar surface area (TPSA) is 29.5 Å². The van der Waals surface area contributed by atoms with Crippen molar-refractivity contribution in [2.24, 2.45) is 0 Å². The van der Waals surface area contributed by atoms with Gasteiger partial charge in [0.2, 0.25) is 0 Å². The van der Waals surface area contributed by atoms with E-state index in [1.54, 1.807) is 12.1 Å². The quantitative estimate of drug-likeness (QED) is 0.800. The average molecular weight is 196 g/mol. The van der Waals surface area contributed by atoms with Gasteiger partial charge in [0.15, 0.2) is 11.6 Å². The third-order valence-electron chi connectivity index (χ3n) is 2.60. The Bertz CT molecular complexity index is 345. The zero-order valence-corrected chi connectivity index (χ0v) is 8.09. The maximum atomic E-state index is 13.2. The molecule has 0 bridgehead atoms. The first-order valence-electron chi connectivity index (χ1n) is 4.68. The van der Waals surface area contributed by atoms with Crippen LogP contribution in [0.5, 0.6) is 5.75 Å². The van der Waals surface area contributed by atoms with Crippen LogP contribution >= 0.6 is 0 Å². The molecular weight excluding hydrogens is 183 g/mol. The molecule has 76 valence electrons. The fraction of sp³-hybridized carbons (Fsp3) is 0.455. The Hall–Kier alpha value is -1.09. The van der Waals surface area contributed by atoms with E-state index >= 15 is 0 Å². The average Bonchev–Trinajstić information content (AvgIpc) is 2.84. The minimum atomic E-state index is -0.610. The van der Waals surface area contributed by atoms with Gasteiger partial charge in [0.1, 0.15) is 0 Å². The first kappa shape index (κ1) is 9.46. The molecule has 1 aliphatic rings. The summed E-state index contributed by atoms with van der Waals surface area (Å²) in [6.45, 7) is 0. The van der Waals surface area contributed by atoms with Gasteiger partial charge in [0.05, 0.1) is 12.7 Å². The highest BCUT2D eigenvalue weighted by Gasteiger charge is 2.40. The molecule has 1 aliphatic carbocycles. The molecule has 0 aromatic heterocycles. The molecule has 1 aromatic rings. The Labute approximate surface area is 82.3 Å². The number of para-hydroxylation sites is 1. The van der Waals surface area contributed by atoms with E-state index in [4.69, 9.17) is 4.74 Å². The van der Waals surface area contributed by atoms with Gasteiger partial charge in [0, 0.05) is 12.0 Å². The lowest BCUT2D eigenvalue weighted by molar-refractivity contribution is 0.149. The van der Waals surface area contributed by atoms with E-state index in [2.05, 4.69) is 0 Å². The Morgan fingerprint density at radius 2 is 2.21 bits per heavy atom. The second-order valence-corrected chi connectivity index (χ2v) is 3.83. The number of rotatable bonds is 3. The molecule has 2 rings (SSSR count). The lowest BCUT2D eigenvalue weighted by Crippen LogP contribution is -2.12. The van der Waals surface area contributed by atoms with Crippen LogP contribution in [0.25, 0.3) is 0 Å². The van der Waals surface area contributed by atoms with Crippen LogP contribution in [0, 0.1) is 5.82 Å². The van der Waals surface area contributed by atoms with Crippen LogP contribution in [0.15, 0.2) is 18.2 Å². The van der Waals surface area contributed by atoms with Crippen molar-refractivity contribution in [1.29, 1.82) is 0 Å². The van der Waals surface area contributed by atoms with Crippen LogP contribution in [0.1, 0.15) is 18.4 Å². The van der Waals surface area contributed by atoms with E-state index < -0.39 is 5.60 Å². The molecule has 2 nitrogen and oxygen atoms in total. The normalized spacial score (nSPS) is 17.9. The number of benzene rings is 1. The maximum Gasteiger partial charge on any atom is 0.165 e. The van der Waals surface area contributed by atoms with Gasteiger partial charge in [-0.15, -0.1) is 0 Å². The van der Waals surface area contributed by atoms with Gasteiger partial charge >= 0.3 is 0 Å². The summed E-state index contributed by atoms with van der Waals surface area (Å²) < 4.78 is 18.2. The van der Waals surface area contributed by atoms with E-state index in [0.29, 0.717) is 6.42 Å². The lowest BCUT2D eigenvalue weighted by atomic mass is 10.1. The molecule has 0 unspecified atom stereocenters. The molecule has 1 saturated carbocycles. The summed E-state index contributed by atoms with van der Waals surface area (Å²) in [6, 6.07) is 4.79. The number of hydrogen-bond acceptors (Lipinski definition) is 2. The molecule has 3 heteroatoms. The standard InChI is InChI=1S/C11H13FO2/c1-14-10-8(3-2-4-9(10)12)7-11(13)5-6-11/h2-4,13H,5-7H2,1H3. The fourth-order valence-electron chi connectivity index (χ4n) is 1.60. The van der Waals surface area contributed by atoms with E-state index in [1.165, 1.54) is 13.2 Å². The Kier molecular flexibility index (Phi) is 2.19. The molecule has 14 heavy (non-hydrogen) atoms. The molecule has 1 N–H and O–H groups in total. The maximum absolute atomic E-state index is 13.2. The van der Waals surface area contributed by atoms with Crippen molar-refractivity contribution in [3.05, 3.63) is 29.6 Å². The van der Waals surface area contributed by atoms with Crippen molar-refractivity contribution < 1.29 is 14.2 Å². The highest BCUT2D eigenvalue weighted by Crippen LogP contribution is 2.40. The summed E-state index contributed by atoms with van der Waals surface area (Å²) in [4.78, 5) is 0. The monoisotopic (exact) mass is 196 g/mol. The number of hydrogen-bond donors (Lipinski definition) is 1. The summed E-state index contributed by atoms with van der Waals surface area (Å²) >= 11 is 0. The number of methoxy groups -OCH3 is 1. The van der Waals surface area contributed by atoms with E-state index in [0.717, 1.165) is 18.4 Å².